The summed E-state index contributed by atoms with van der Waals surface area (Å²) in [7, 11) is 0. The molecule has 14 heavy (non-hydrogen) atoms. The van der Waals surface area contributed by atoms with Gasteiger partial charge in [0.2, 0.25) is 5.21 Å². The van der Waals surface area contributed by atoms with E-state index in [1.807, 2.05) is 0 Å². The van der Waals surface area contributed by atoms with Gasteiger partial charge in [0.1, 0.15) is 5.21 Å². The van der Waals surface area contributed by atoms with E-state index >= 15 is 0 Å². The van der Waals surface area contributed by atoms with E-state index in [1.165, 1.54) is 6.33 Å². The highest BCUT2D eigenvalue weighted by molar-refractivity contribution is 14.1. The molecule has 0 bridgehead atoms. The fraction of sp³-hybridized carbons (Fsp3) is 0. The smallest absolute Gasteiger partial charge is 0.284 e. The van der Waals surface area contributed by atoms with Crippen LogP contribution >= 0.6 is 22.6 Å². The van der Waals surface area contributed by atoms with Crippen molar-refractivity contribution in [3.05, 3.63) is 20.3 Å². The molecule has 2 heterocycles. The molecule has 0 aliphatic carbocycles. The Morgan fingerprint density at radius 3 is 2.64 bits per heavy atom. The number of H-pyrrole nitrogens is 1. The minimum Gasteiger partial charge on any atom is -0.339 e. The zero-order valence-corrected chi connectivity index (χ0v) is 8.51. The quantitative estimate of drug-likeness (QED) is 0.382. The number of aromatic nitrogens is 8. The number of halogens is 1. The van der Waals surface area contributed by atoms with E-state index in [-0.39, 0.29) is 3.83 Å². The number of nitro groups is 1. The third-order valence-electron chi connectivity index (χ3n) is 0.841. The average Bonchev–Trinajstić information content (AvgIpc) is 2.74. The van der Waals surface area contributed by atoms with Gasteiger partial charge in [-0.15, -0.1) is 10.2 Å². The van der Waals surface area contributed by atoms with Crippen LogP contribution in [-0.2, 0) is 0 Å². The van der Waals surface area contributed by atoms with Crippen molar-refractivity contribution in [1.82, 2.24) is 40.9 Å². The molecule has 2 aromatic heterocycles. The summed E-state index contributed by atoms with van der Waals surface area (Å²) in [5.74, 6) is 0. The van der Waals surface area contributed by atoms with Gasteiger partial charge in [0.15, 0.2) is 6.33 Å². The normalized spacial score (nSPS) is 8.93. The number of hydrogen-bond donors (Lipinski definition) is 1. The van der Waals surface area contributed by atoms with Gasteiger partial charge in [-0.25, -0.2) is 0 Å². The Balaban J connectivity index is 0.000000165. The molecule has 2 aromatic rings. The van der Waals surface area contributed by atoms with Gasteiger partial charge in [0.05, 0.1) is 9.82 Å². The fourth-order valence-electron chi connectivity index (χ4n) is 0.401. The van der Waals surface area contributed by atoms with Crippen molar-refractivity contribution >= 4 is 22.6 Å². The lowest BCUT2D eigenvalue weighted by Crippen LogP contribution is -2.12. The predicted octanol–water partition coefficient (Wildman–Crippen LogP) is -1.48. The molecular formula is C2H2IN9O2. The Morgan fingerprint density at radius 2 is 2.43 bits per heavy atom. The van der Waals surface area contributed by atoms with Crippen molar-refractivity contribution < 1.29 is 5.03 Å². The van der Waals surface area contributed by atoms with E-state index in [2.05, 4.69) is 36.1 Å². The lowest BCUT2D eigenvalue weighted by Gasteiger charge is -1.86. The van der Waals surface area contributed by atoms with Crippen LogP contribution in [0.3, 0.4) is 0 Å². The molecule has 0 unspecified atom stereocenters. The summed E-state index contributed by atoms with van der Waals surface area (Å²) in [6, 6.07) is 0. The van der Waals surface area contributed by atoms with Crippen molar-refractivity contribution in [1.29, 1.82) is 0 Å². The molecule has 0 amide bonds. The summed E-state index contributed by atoms with van der Waals surface area (Å²) in [5.41, 5.74) is 0. The maximum absolute atomic E-state index is 9.90. The second kappa shape index (κ2) is 5.10. The summed E-state index contributed by atoms with van der Waals surface area (Å²) in [6.45, 7) is 0. The Labute approximate surface area is 89.1 Å². The zero-order valence-electron chi connectivity index (χ0n) is 6.35. The Kier molecular flexibility index (Phi) is 3.77. The van der Waals surface area contributed by atoms with E-state index in [0.29, 0.717) is 4.79 Å². The molecule has 0 spiro atoms. The minimum absolute atomic E-state index is 0.137. The summed E-state index contributed by atoms with van der Waals surface area (Å²) in [5, 5.41) is 30.8. The molecule has 12 heteroatoms. The van der Waals surface area contributed by atoms with Crippen molar-refractivity contribution in [2.45, 2.75) is 0 Å². The van der Waals surface area contributed by atoms with Crippen LogP contribution in [0, 0.1) is 13.9 Å². The third-order valence-corrected chi connectivity index (χ3v) is 1.49. The van der Waals surface area contributed by atoms with Crippen molar-refractivity contribution in [3.63, 3.8) is 0 Å². The maximum Gasteiger partial charge on any atom is 0.284 e. The SMILES string of the molecule is O=[N+]([O-])n1nnnc1I.c1nn[nH]n1. The second-order valence-electron chi connectivity index (χ2n) is 1.64. The second-order valence-corrected chi connectivity index (χ2v) is 2.60. The van der Waals surface area contributed by atoms with E-state index in [0.717, 1.165) is 0 Å². The molecule has 74 valence electrons. The standard InChI is InChI=1S/CIN5O2.CH2N4/c2-1-3-4-5-6(1)7(8)9;1-2-4-5-3-1/h;1H,(H,2,3,4,5). The van der Waals surface area contributed by atoms with Crippen LogP contribution in [0.4, 0.5) is 0 Å². The van der Waals surface area contributed by atoms with Gasteiger partial charge in [-0.1, -0.05) is 10.3 Å². The first-order valence-corrected chi connectivity index (χ1v) is 4.04. The summed E-state index contributed by atoms with van der Waals surface area (Å²) in [6.07, 6.45) is 1.33. The number of nitrogens with one attached hydrogen (secondary N) is 1. The monoisotopic (exact) mass is 311 g/mol. The van der Waals surface area contributed by atoms with E-state index in [4.69, 9.17) is 0 Å². The van der Waals surface area contributed by atoms with Crippen LogP contribution in [0.1, 0.15) is 0 Å². The molecule has 1 N–H and O–H groups in total. The molecule has 0 aliphatic heterocycles. The van der Waals surface area contributed by atoms with Gasteiger partial charge in [-0.3, -0.25) is 0 Å². The lowest BCUT2D eigenvalue weighted by atomic mass is 11.4. The molecule has 0 aromatic carbocycles. The fourth-order valence-corrected chi connectivity index (χ4v) is 0.770. The van der Waals surface area contributed by atoms with Crippen LogP contribution in [-0.4, -0.2) is 46.0 Å². The van der Waals surface area contributed by atoms with Gasteiger partial charge >= 0.3 is 0 Å². The van der Waals surface area contributed by atoms with Gasteiger partial charge in [0.25, 0.3) is 3.83 Å². The molecule has 0 aliphatic rings. The topological polar surface area (TPSA) is 141 Å². The first kappa shape index (κ1) is 10.4. The van der Waals surface area contributed by atoms with Gasteiger partial charge in [0, 0.05) is 22.6 Å². The first-order chi connectivity index (χ1) is 6.72. The maximum atomic E-state index is 9.90. The number of rotatable bonds is 1. The van der Waals surface area contributed by atoms with E-state index < -0.39 is 5.03 Å². The number of hydrogen-bond acceptors (Lipinski definition) is 8. The van der Waals surface area contributed by atoms with E-state index in [9.17, 15) is 10.1 Å². The number of aromatic amines is 1. The number of nitrogens with zero attached hydrogens (tertiary/aromatic N) is 8. The molecular weight excluding hydrogens is 309 g/mol. The largest absolute Gasteiger partial charge is 0.339 e. The molecule has 11 nitrogen and oxygen atoms in total. The van der Waals surface area contributed by atoms with Gasteiger partial charge in [-0.05, 0) is 0 Å². The molecule has 0 saturated heterocycles. The van der Waals surface area contributed by atoms with Crippen LogP contribution in [0.5, 0.6) is 0 Å². The molecule has 2 rings (SSSR count). The molecule has 0 fully saturated rings. The highest BCUT2D eigenvalue weighted by Crippen LogP contribution is 1.93. The number of tetrazole rings is 2. The summed E-state index contributed by atoms with van der Waals surface area (Å²) >= 11 is 1.66. The van der Waals surface area contributed by atoms with Crippen molar-refractivity contribution in [3.8, 4) is 0 Å². The predicted molar refractivity (Wildman–Crippen MR) is 47.1 cm³/mol. The minimum atomic E-state index is -0.707. The van der Waals surface area contributed by atoms with Crippen molar-refractivity contribution in [2.24, 2.45) is 0 Å². The molecule has 0 radical (unpaired) electrons. The van der Waals surface area contributed by atoms with Crippen LogP contribution in [0.2, 0.25) is 0 Å². The lowest BCUT2D eigenvalue weighted by molar-refractivity contribution is -0.556. The van der Waals surface area contributed by atoms with Crippen LogP contribution in [0.15, 0.2) is 6.33 Å². The average molecular weight is 311 g/mol. The molecule has 0 atom stereocenters. The third kappa shape index (κ3) is 2.96. The first-order valence-electron chi connectivity index (χ1n) is 2.96. The van der Waals surface area contributed by atoms with Crippen molar-refractivity contribution in [2.75, 3.05) is 0 Å². The Hall–Kier alpha value is -1.73. The van der Waals surface area contributed by atoms with E-state index in [1.54, 1.807) is 22.6 Å². The summed E-state index contributed by atoms with van der Waals surface area (Å²) in [4.78, 5) is 10.4. The Bertz CT molecular complexity index is 364. The van der Waals surface area contributed by atoms with Gasteiger partial charge in [-0.2, -0.15) is 5.21 Å². The van der Waals surface area contributed by atoms with Gasteiger partial charge < -0.3 is 10.1 Å². The summed E-state index contributed by atoms with van der Waals surface area (Å²) < 4.78 is 0.137. The zero-order chi connectivity index (χ0) is 10.4. The van der Waals surface area contributed by atoms with Crippen LogP contribution in [0.25, 0.3) is 0 Å². The molecule has 0 saturated carbocycles. The van der Waals surface area contributed by atoms with Crippen LogP contribution < -0.4 is 0 Å². The Morgan fingerprint density at radius 1 is 1.64 bits per heavy atom. The highest BCUT2D eigenvalue weighted by Gasteiger charge is 2.10. The highest BCUT2D eigenvalue weighted by atomic mass is 127.